The molecule has 1 atom stereocenters. The number of nitrogens with one attached hydrogen (secondary N) is 1. The highest BCUT2D eigenvalue weighted by molar-refractivity contribution is 5.35. The quantitative estimate of drug-likeness (QED) is 0.731. The molecule has 1 heterocycles. The fraction of sp³-hybridized carbons (Fsp3) is 0.471. The van der Waals surface area contributed by atoms with E-state index in [0.29, 0.717) is 11.6 Å². The molecule has 2 N–H and O–H groups in total. The zero-order valence-corrected chi connectivity index (χ0v) is 13.0. The molecule has 2 rings (SSSR count). The van der Waals surface area contributed by atoms with Crippen LogP contribution in [0.2, 0.25) is 0 Å². The number of hydrogen-bond acceptors (Lipinski definition) is 5. The monoisotopic (exact) mass is 304 g/mol. The van der Waals surface area contributed by atoms with Crippen LogP contribution >= 0.6 is 0 Å². The molecular formula is C17H24N2O3. The third kappa shape index (κ3) is 4.86. The summed E-state index contributed by atoms with van der Waals surface area (Å²) in [5, 5.41) is 12.1. The zero-order valence-electron chi connectivity index (χ0n) is 13.0. The summed E-state index contributed by atoms with van der Waals surface area (Å²) in [5.74, 6) is 1.03. The second kappa shape index (κ2) is 9.23. The molecule has 0 fully saturated rings. The molecular weight excluding hydrogens is 280 g/mol. The lowest BCUT2D eigenvalue weighted by atomic mass is 10.00. The minimum atomic E-state index is -0.0485. The average molecular weight is 304 g/mol. The number of aliphatic hydroxyl groups excluding tert-OH is 1. The number of nitrogens with zero attached hydrogens (tertiary/aromatic N) is 1. The molecule has 5 nitrogen and oxygen atoms in total. The number of aliphatic hydroxyl groups is 1. The first-order valence-corrected chi connectivity index (χ1v) is 7.71. The lowest BCUT2D eigenvalue weighted by Gasteiger charge is -2.22. The van der Waals surface area contributed by atoms with Gasteiger partial charge < -0.3 is 19.9 Å². The molecule has 0 radical (unpaired) electrons. The minimum Gasteiger partial charge on any atom is -0.480 e. The normalized spacial score (nSPS) is 15.3. The third-order valence-electron chi connectivity index (χ3n) is 3.39. The maximum absolute atomic E-state index is 8.90. The number of rotatable bonds is 9. The van der Waals surface area contributed by atoms with Crippen LogP contribution in [-0.4, -0.2) is 43.0 Å². The molecule has 1 aromatic heterocycles. The fourth-order valence-corrected chi connectivity index (χ4v) is 2.31. The molecule has 0 bridgehead atoms. The van der Waals surface area contributed by atoms with E-state index < -0.39 is 0 Å². The highest BCUT2D eigenvalue weighted by Crippen LogP contribution is 2.28. The second-order valence-electron chi connectivity index (χ2n) is 5.06. The van der Waals surface area contributed by atoms with Crippen molar-refractivity contribution in [3.8, 4) is 11.6 Å². The molecule has 0 saturated heterocycles. The van der Waals surface area contributed by atoms with E-state index in [1.54, 1.807) is 6.20 Å². The van der Waals surface area contributed by atoms with Gasteiger partial charge in [-0.2, -0.15) is 0 Å². The summed E-state index contributed by atoms with van der Waals surface area (Å²) in [6, 6.07) is 3.67. The van der Waals surface area contributed by atoms with Crippen LogP contribution in [0.15, 0.2) is 42.1 Å². The molecule has 0 spiro atoms. The molecule has 1 unspecified atom stereocenters. The first-order valence-electron chi connectivity index (χ1n) is 7.71. The predicted octanol–water partition coefficient (Wildman–Crippen LogP) is 2.09. The van der Waals surface area contributed by atoms with Crippen molar-refractivity contribution < 1.29 is 14.6 Å². The van der Waals surface area contributed by atoms with E-state index in [-0.39, 0.29) is 19.3 Å². The summed E-state index contributed by atoms with van der Waals surface area (Å²) in [5.41, 5.74) is 1.19. The van der Waals surface area contributed by atoms with E-state index in [1.165, 1.54) is 5.57 Å². The van der Waals surface area contributed by atoms with Crippen molar-refractivity contribution in [3.63, 3.8) is 0 Å². The van der Waals surface area contributed by atoms with Gasteiger partial charge in [-0.1, -0.05) is 18.2 Å². The maximum Gasteiger partial charge on any atom is 0.257 e. The van der Waals surface area contributed by atoms with Crippen LogP contribution in [0.3, 0.4) is 0 Å². The highest BCUT2D eigenvalue weighted by Gasteiger charge is 2.18. The van der Waals surface area contributed by atoms with Crippen molar-refractivity contribution in [1.82, 2.24) is 10.3 Å². The highest BCUT2D eigenvalue weighted by atomic mass is 16.5. The maximum atomic E-state index is 8.90. The third-order valence-corrected chi connectivity index (χ3v) is 3.39. The van der Waals surface area contributed by atoms with E-state index in [0.717, 1.165) is 25.8 Å². The minimum absolute atomic E-state index is 0.0373. The van der Waals surface area contributed by atoms with Gasteiger partial charge in [-0.3, -0.25) is 0 Å². The SMILES string of the molecule is CNCCC(Oc1cccnc1OCCO)C1=CCCC=C1. The van der Waals surface area contributed by atoms with Gasteiger partial charge in [0, 0.05) is 12.6 Å². The Bertz CT molecular complexity index is 514. The van der Waals surface area contributed by atoms with Crippen LogP contribution in [0.1, 0.15) is 19.3 Å². The molecule has 5 heteroatoms. The molecule has 22 heavy (non-hydrogen) atoms. The summed E-state index contributed by atoms with van der Waals surface area (Å²) in [6.07, 6.45) is 11.1. The summed E-state index contributed by atoms with van der Waals surface area (Å²) in [4.78, 5) is 4.18. The Balaban J connectivity index is 2.12. The van der Waals surface area contributed by atoms with Gasteiger partial charge in [0.1, 0.15) is 12.7 Å². The molecule has 0 aliphatic heterocycles. The summed E-state index contributed by atoms with van der Waals surface area (Å²) in [7, 11) is 1.93. The Kier molecular flexibility index (Phi) is 6.93. The lowest BCUT2D eigenvalue weighted by molar-refractivity contribution is 0.176. The number of aromatic nitrogens is 1. The van der Waals surface area contributed by atoms with E-state index >= 15 is 0 Å². The van der Waals surface area contributed by atoms with Gasteiger partial charge >= 0.3 is 0 Å². The number of hydrogen-bond donors (Lipinski definition) is 2. The standard InChI is InChI=1S/C17H24N2O3/c1-18-11-9-15(14-6-3-2-4-7-14)22-16-8-5-10-19-17(16)21-13-12-20/h3,5-8,10,15,18,20H,2,4,9,11-13H2,1H3. The largest absolute Gasteiger partial charge is 0.480 e. The Morgan fingerprint density at radius 2 is 2.32 bits per heavy atom. The van der Waals surface area contributed by atoms with Crippen molar-refractivity contribution >= 4 is 0 Å². The smallest absolute Gasteiger partial charge is 0.257 e. The summed E-state index contributed by atoms with van der Waals surface area (Å²) >= 11 is 0. The van der Waals surface area contributed by atoms with Gasteiger partial charge in [0.2, 0.25) is 0 Å². The summed E-state index contributed by atoms with van der Waals surface area (Å²) in [6.45, 7) is 1.02. The van der Waals surface area contributed by atoms with Crippen molar-refractivity contribution in [2.75, 3.05) is 26.8 Å². The summed E-state index contributed by atoms with van der Waals surface area (Å²) < 4.78 is 11.6. The molecule has 120 valence electrons. The van der Waals surface area contributed by atoms with Crippen molar-refractivity contribution in [2.45, 2.75) is 25.4 Å². The molecule has 0 saturated carbocycles. The van der Waals surface area contributed by atoms with Crippen LogP contribution in [0, 0.1) is 0 Å². The second-order valence-corrected chi connectivity index (χ2v) is 5.06. The Hall–Kier alpha value is -1.85. The first-order chi connectivity index (χ1) is 10.8. The number of allylic oxidation sites excluding steroid dienone is 2. The van der Waals surface area contributed by atoms with Crippen LogP contribution < -0.4 is 14.8 Å². The van der Waals surface area contributed by atoms with Gasteiger partial charge in [0.05, 0.1) is 6.61 Å². The van der Waals surface area contributed by atoms with Crippen LogP contribution in [0.4, 0.5) is 0 Å². The van der Waals surface area contributed by atoms with Crippen LogP contribution in [0.5, 0.6) is 11.6 Å². The average Bonchev–Trinajstić information content (AvgIpc) is 2.58. The molecule has 1 aliphatic rings. The van der Waals surface area contributed by atoms with Gasteiger partial charge in [-0.15, -0.1) is 0 Å². The van der Waals surface area contributed by atoms with E-state index in [1.807, 2.05) is 19.2 Å². The van der Waals surface area contributed by atoms with Crippen LogP contribution in [-0.2, 0) is 0 Å². The molecule has 0 amide bonds. The molecule has 1 aliphatic carbocycles. The van der Waals surface area contributed by atoms with Crippen molar-refractivity contribution in [1.29, 1.82) is 0 Å². The zero-order chi connectivity index (χ0) is 15.6. The molecule has 1 aromatic rings. The topological polar surface area (TPSA) is 63.6 Å². The Morgan fingerprint density at radius 1 is 1.41 bits per heavy atom. The number of ether oxygens (including phenoxy) is 2. The van der Waals surface area contributed by atoms with Gasteiger partial charge in [-0.25, -0.2) is 4.98 Å². The van der Waals surface area contributed by atoms with E-state index in [9.17, 15) is 0 Å². The lowest BCUT2D eigenvalue weighted by Crippen LogP contribution is -2.25. The van der Waals surface area contributed by atoms with E-state index in [4.69, 9.17) is 14.6 Å². The van der Waals surface area contributed by atoms with Gasteiger partial charge in [-0.05, 0) is 44.1 Å². The predicted molar refractivity (Wildman–Crippen MR) is 86.2 cm³/mol. The van der Waals surface area contributed by atoms with E-state index in [2.05, 4.69) is 28.5 Å². The Labute approximate surface area is 131 Å². The van der Waals surface area contributed by atoms with Gasteiger partial charge in [0.15, 0.2) is 5.75 Å². The number of pyridine rings is 1. The first kappa shape index (κ1) is 16.5. The van der Waals surface area contributed by atoms with Crippen molar-refractivity contribution in [2.24, 2.45) is 0 Å². The van der Waals surface area contributed by atoms with Crippen molar-refractivity contribution in [3.05, 3.63) is 42.1 Å². The van der Waals surface area contributed by atoms with Gasteiger partial charge in [0.25, 0.3) is 5.88 Å². The fourth-order valence-electron chi connectivity index (χ4n) is 2.31. The molecule has 0 aromatic carbocycles. The Morgan fingerprint density at radius 3 is 3.05 bits per heavy atom. The van der Waals surface area contributed by atoms with Crippen LogP contribution in [0.25, 0.3) is 0 Å².